The third kappa shape index (κ3) is 3.58. The van der Waals surface area contributed by atoms with E-state index in [9.17, 15) is 4.79 Å². The van der Waals surface area contributed by atoms with E-state index in [1.165, 1.54) is 23.9 Å². The number of aromatic carboxylic acids is 1. The number of carboxylic acid groups (broad SMARTS) is 1. The molecule has 7 heteroatoms. The molecule has 0 bridgehead atoms. The number of thioether (sulfide) groups is 1. The van der Waals surface area contributed by atoms with Crippen molar-refractivity contribution in [3.05, 3.63) is 28.3 Å². The first kappa shape index (κ1) is 15.3. The molecular weight excluding hydrogens is 326 g/mol. The van der Waals surface area contributed by atoms with Crippen molar-refractivity contribution >= 4 is 64.1 Å². The van der Waals surface area contributed by atoms with Crippen molar-refractivity contribution in [1.82, 2.24) is 0 Å². The van der Waals surface area contributed by atoms with E-state index in [4.69, 9.17) is 51.5 Å². The largest absolute Gasteiger partial charge is 0.478 e. The van der Waals surface area contributed by atoms with Gasteiger partial charge in [0.15, 0.2) is 0 Å². The van der Waals surface area contributed by atoms with E-state index in [2.05, 4.69) is 0 Å². The summed E-state index contributed by atoms with van der Waals surface area (Å²) in [6.45, 7) is 1.90. The number of halogens is 4. The fourth-order valence-corrected chi connectivity index (χ4v) is 3.18. The zero-order chi connectivity index (χ0) is 13.2. The van der Waals surface area contributed by atoms with Gasteiger partial charge in [-0.25, -0.2) is 4.79 Å². The van der Waals surface area contributed by atoms with Crippen LogP contribution in [0, 0.1) is 0 Å². The van der Waals surface area contributed by atoms with Crippen LogP contribution in [0.1, 0.15) is 22.8 Å². The van der Waals surface area contributed by atoms with Crippen molar-refractivity contribution in [2.45, 2.75) is 15.6 Å². The lowest BCUT2D eigenvalue weighted by Crippen LogP contribution is -2.06. The van der Waals surface area contributed by atoms with Crippen LogP contribution in [-0.4, -0.2) is 16.8 Å². The Morgan fingerprint density at radius 3 is 2.41 bits per heavy atom. The summed E-state index contributed by atoms with van der Waals surface area (Å²) in [5.41, 5.74) is 0.393. The van der Waals surface area contributed by atoms with Gasteiger partial charge in [0.1, 0.15) is 0 Å². The number of hydrogen-bond donors (Lipinski definition) is 1. The second-order valence-corrected chi connectivity index (χ2v) is 6.97. The molecule has 17 heavy (non-hydrogen) atoms. The van der Waals surface area contributed by atoms with Gasteiger partial charge >= 0.3 is 5.97 Å². The van der Waals surface area contributed by atoms with Gasteiger partial charge in [0.25, 0.3) is 0 Å². The Bertz CT molecular complexity index is 443. The maximum Gasteiger partial charge on any atom is 0.337 e. The summed E-state index contributed by atoms with van der Waals surface area (Å²) in [7, 11) is 0. The normalized spacial score (nSPS) is 11.6. The van der Waals surface area contributed by atoms with E-state index >= 15 is 0 Å². The van der Waals surface area contributed by atoms with Crippen LogP contribution in [0.5, 0.6) is 0 Å². The molecule has 0 aliphatic rings. The predicted molar refractivity (Wildman–Crippen MR) is 74.0 cm³/mol. The molecule has 0 aliphatic carbocycles. The molecule has 0 unspecified atom stereocenters. The van der Waals surface area contributed by atoms with E-state index in [0.29, 0.717) is 16.2 Å². The summed E-state index contributed by atoms with van der Waals surface area (Å²) < 4.78 is -1.63. The van der Waals surface area contributed by atoms with Crippen molar-refractivity contribution in [2.24, 2.45) is 0 Å². The molecule has 1 rings (SSSR count). The van der Waals surface area contributed by atoms with Crippen LogP contribution in [-0.2, 0) is 3.79 Å². The molecule has 0 saturated carbocycles. The Hall–Kier alpha value is 0.200. The van der Waals surface area contributed by atoms with Crippen LogP contribution in [0.3, 0.4) is 0 Å². The van der Waals surface area contributed by atoms with Crippen molar-refractivity contribution in [3.63, 3.8) is 0 Å². The Morgan fingerprint density at radius 2 is 2.00 bits per heavy atom. The number of rotatable bonds is 3. The number of carbonyl (C=O) groups is 1. The minimum atomic E-state index is -1.63. The molecule has 0 saturated heterocycles. The number of hydrogen-bond acceptors (Lipinski definition) is 2. The quantitative estimate of drug-likeness (QED) is 0.626. The fourth-order valence-electron chi connectivity index (χ4n) is 1.23. The van der Waals surface area contributed by atoms with Crippen LogP contribution >= 0.6 is 58.2 Å². The fraction of sp³-hybridized carbons (Fsp3) is 0.300. The van der Waals surface area contributed by atoms with Crippen molar-refractivity contribution in [3.8, 4) is 0 Å². The zero-order valence-electron chi connectivity index (χ0n) is 8.64. The van der Waals surface area contributed by atoms with Crippen molar-refractivity contribution in [2.75, 3.05) is 5.75 Å². The average Bonchev–Trinajstić information content (AvgIpc) is 2.18. The Morgan fingerprint density at radius 1 is 1.41 bits per heavy atom. The monoisotopic (exact) mass is 332 g/mol. The van der Waals surface area contributed by atoms with Crippen molar-refractivity contribution < 1.29 is 9.90 Å². The van der Waals surface area contributed by atoms with Gasteiger partial charge < -0.3 is 5.11 Å². The third-order valence-electron chi connectivity index (χ3n) is 1.92. The van der Waals surface area contributed by atoms with Gasteiger partial charge in [0.2, 0.25) is 3.79 Å². The molecule has 0 fully saturated rings. The number of benzene rings is 1. The third-order valence-corrected chi connectivity index (χ3v) is 4.04. The molecule has 0 aromatic heterocycles. The molecule has 0 spiro atoms. The maximum absolute atomic E-state index is 10.9. The first-order valence-corrected chi connectivity index (χ1v) is 7.04. The van der Waals surface area contributed by atoms with Gasteiger partial charge in [0, 0.05) is 10.5 Å². The Labute approximate surface area is 123 Å². The van der Waals surface area contributed by atoms with E-state index in [-0.39, 0.29) is 10.6 Å². The molecule has 0 radical (unpaired) electrons. The first-order valence-electron chi connectivity index (χ1n) is 4.54. The standard InChI is InChI=1S/C10H8Cl4O2S/c1-2-17-8-6(10(12,13)14)4-3-5(7(8)11)9(15)16/h3-4H,2H2,1H3,(H,15,16). The summed E-state index contributed by atoms with van der Waals surface area (Å²) in [4.78, 5) is 11.4. The van der Waals surface area contributed by atoms with E-state index in [1.54, 1.807) is 0 Å². The minimum Gasteiger partial charge on any atom is -0.478 e. The van der Waals surface area contributed by atoms with E-state index in [0.717, 1.165) is 0 Å². The predicted octanol–water partition coefficient (Wildman–Crippen LogP) is 4.98. The van der Waals surface area contributed by atoms with Gasteiger partial charge in [0.05, 0.1) is 10.6 Å². The zero-order valence-corrected chi connectivity index (χ0v) is 12.5. The molecule has 0 atom stereocenters. The Balaban J connectivity index is 3.45. The number of alkyl halides is 3. The molecule has 0 aliphatic heterocycles. The summed E-state index contributed by atoms with van der Waals surface area (Å²) in [6, 6.07) is 2.81. The molecule has 1 N–H and O–H groups in total. The molecule has 2 nitrogen and oxygen atoms in total. The number of carboxylic acids is 1. The summed E-state index contributed by atoms with van der Waals surface area (Å²) >= 11 is 24.8. The topological polar surface area (TPSA) is 37.3 Å². The highest BCUT2D eigenvalue weighted by Gasteiger charge is 2.29. The van der Waals surface area contributed by atoms with Gasteiger partial charge in [-0.2, -0.15) is 0 Å². The van der Waals surface area contributed by atoms with E-state index in [1.807, 2.05) is 6.92 Å². The van der Waals surface area contributed by atoms with Crippen LogP contribution in [0.15, 0.2) is 17.0 Å². The van der Waals surface area contributed by atoms with Gasteiger partial charge in [-0.1, -0.05) is 59.4 Å². The lowest BCUT2D eigenvalue weighted by molar-refractivity contribution is 0.0697. The summed E-state index contributed by atoms with van der Waals surface area (Å²) in [6.07, 6.45) is 0. The second kappa shape index (κ2) is 5.89. The maximum atomic E-state index is 10.9. The molecule has 1 aromatic rings. The average molecular weight is 334 g/mol. The summed E-state index contributed by atoms with van der Waals surface area (Å²) in [5, 5.41) is 9.06. The smallest absolute Gasteiger partial charge is 0.337 e. The minimum absolute atomic E-state index is 0.000571. The van der Waals surface area contributed by atoms with Gasteiger partial charge in [-0.05, 0) is 11.8 Å². The molecule has 94 valence electrons. The molecular formula is C10H8Cl4O2S. The van der Waals surface area contributed by atoms with E-state index < -0.39 is 9.76 Å². The Kier molecular flexibility index (Phi) is 5.29. The highest BCUT2D eigenvalue weighted by atomic mass is 35.6. The highest BCUT2D eigenvalue weighted by molar-refractivity contribution is 7.99. The highest BCUT2D eigenvalue weighted by Crippen LogP contribution is 2.46. The van der Waals surface area contributed by atoms with Gasteiger partial charge in [-0.15, -0.1) is 11.8 Å². The van der Waals surface area contributed by atoms with Crippen LogP contribution in [0.4, 0.5) is 0 Å². The second-order valence-electron chi connectivity index (χ2n) is 3.04. The molecule has 0 heterocycles. The van der Waals surface area contributed by atoms with Crippen LogP contribution < -0.4 is 0 Å². The molecule has 0 amide bonds. The SMILES string of the molecule is CCSc1c(C(Cl)(Cl)Cl)ccc(C(=O)O)c1Cl. The van der Waals surface area contributed by atoms with Gasteiger partial charge in [-0.3, -0.25) is 0 Å². The lowest BCUT2D eigenvalue weighted by atomic mass is 10.1. The van der Waals surface area contributed by atoms with Crippen LogP contribution in [0.2, 0.25) is 5.02 Å². The van der Waals surface area contributed by atoms with Crippen molar-refractivity contribution in [1.29, 1.82) is 0 Å². The van der Waals surface area contributed by atoms with Crippen LogP contribution in [0.25, 0.3) is 0 Å². The first-order chi connectivity index (χ1) is 7.79. The lowest BCUT2D eigenvalue weighted by Gasteiger charge is -2.18. The molecule has 1 aromatic carbocycles. The summed E-state index contributed by atoms with van der Waals surface area (Å²) in [5.74, 6) is -0.417.